The Morgan fingerprint density at radius 2 is 1.79 bits per heavy atom. The Kier molecular flexibility index (Phi) is 6.55. The molecule has 4 nitrogen and oxygen atoms in total. The third-order valence-electron chi connectivity index (χ3n) is 2.92. The molecule has 0 fully saturated rings. The summed E-state index contributed by atoms with van der Waals surface area (Å²) in [4.78, 5) is 0. The Balaban J connectivity index is 3.91. The highest BCUT2D eigenvalue weighted by Gasteiger charge is 2.29. The minimum Gasteiger partial charge on any atom is -0.398 e. The first-order valence-electron chi connectivity index (χ1n) is 5.05. The lowest BCUT2D eigenvalue weighted by Gasteiger charge is -2.25. The third kappa shape index (κ3) is 4.52. The van der Waals surface area contributed by atoms with Gasteiger partial charge in [0.25, 0.3) is 0 Å². The molecule has 0 rings (SSSR count). The van der Waals surface area contributed by atoms with E-state index in [-0.39, 0.29) is 6.04 Å². The summed E-state index contributed by atoms with van der Waals surface area (Å²) in [6, 6.07) is 1.05. The molecule has 86 valence electrons. The van der Waals surface area contributed by atoms with Crippen LogP contribution in [0.4, 0.5) is 0 Å². The van der Waals surface area contributed by atoms with Crippen molar-refractivity contribution in [2.75, 3.05) is 20.8 Å². The van der Waals surface area contributed by atoms with Crippen LogP contribution in [0.25, 0.3) is 0 Å². The zero-order chi connectivity index (χ0) is 11.2. The van der Waals surface area contributed by atoms with Crippen molar-refractivity contribution < 1.29 is 8.85 Å². The van der Waals surface area contributed by atoms with Gasteiger partial charge < -0.3 is 20.3 Å². The van der Waals surface area contributed by atoms with E-state index >= 15 is 0 Å². The van der Waals surface area contributed by atoms with Gasteiger partial charge in [0.2, 0.25) is 0 Å². The van der Waals surface area contributed by atoms with Crippen LogP contribution in [0.15, 0.2) is 0 Å². The van der Waals surface area contributed by atoms with Gasteiger partial charge in [0.05, 0.1) is 0 Å². The summed E-state index contributed by atoms with van der Waals surface area (Å²) >= 11 is 0. The van der Waals surface area contributed by atoms with Crippen molar-refractivity contribution in [3.63, 3.8) is 0 Å². The Morgan fingerprint density at radius 3 is 2.14 bits per heavy atom. The predicted molar refractivity (Wildman–Crippen MR) is 61.3 cm³/mol. The Labute approximate surface area is 88.2 Å². The molecule has 0 bridgehead atoms. The fourth-order valence-electron chi connectivity index (χ4n) is 1.22. The first-order chi connectivity index (χ1) is 6.49. The van der Waals surface area contributed by atoms with E-state index in [0.29, 0.717) is 12.5 Å². The van der Waals surface area contributed by atoms with Crippen LogP contribution in [0, 0.1) is 5.92 Å². The average molecular weight is 220 g/mol. The first kappa shape index (κ1) is 14.1. The quantitative estimate of drug-likeness (QED) is 0.619. The maximum atomic E-state index is 5.84. The van der Waals surface area contributed by atoms with Crippen molar-refractivity contribution in [3.8, 4) is 0 Å². The number of rotatable bonds is 7. The van der Waals surface area contributed by atoms with Crippen LogP contribution in [0.2, 0.25) is 12.6 Å². The lowest BCUT2D eigenvalue weighted by molar-refractivity contribution is 0.244. The van der Waals surface area contributed by atoms with Crippen LogP contribution in [-0.2, 0) is 8.85 Å². The second-order valence-electron chi connectivity index (χ2n) is 3.96. The fourth-order valence-corrected chi connectivity index (χ4v) is 2.78. The molecular weight excluding hydrogens is 196 g/mol. The summed E-state index contributed by atoms with van der Waals surface area (Å²) < 4.78 is 10.8. The van der Waals surface area contributed by atoms with Gasteiger partial charge in [-0.15, -0.1) is 0 Å². The van der Waals surface area contributed by atoms with Crippen molar-refractivity contribution in [2.24, 2.45) is 17.4 Å². The molecule has 0 spiro atoms. The molecule has 0 aliphatic carbocycles. The minimum absolute atomic E-state index is 0.0852. The van der Waals surface area contributed by atoms with Gasteiger partial charge in [-0.25, -0.2) is 0 Å². The molecule has 4 N–H and O–H groups in total. The van der Waals surface area contributed by atoms with E-state index < -0.39 is 8.56 Å². The Bertz CT molecular complexity index is 154. The van der Waals surface area contributed by atoms with E-state index in [9.17, 15) is 0 Å². The van der Waals surface area contributed by atoms with E-state index in [2.05, 4.69) is 13.5 Å². The molecule has 0 amide bonds. The number of nitrogens with two attached hydrogens (primary N) is 2. The molecule has 0 aromatic heterocycles. The molecule has 0 saturated heterocycles. The lowest BCUT2D eigenvalue weighted by atomic mass is 10.0. The van der Waals surface area contributed by atoms with Crippen LogP contribution < -0.4 is 11.5 Å². The second-order valence-corrected chi connectivity index (χ2v) is 7.54. The van der Waals surface area contributed by atoms with Gasteiger partial charge in [-0.1, -0.05) is 6.92 Å². The number of hydrogen-bond acceptors (Lipinski definition) is 4. The van der Waals surface area contributed by atoms with Crippen molar-refractivity contribution in [1.82, 2.24) is 0 Å². The van der Waals surface area contributed by atoms with Crippen molar-refractivity contribution in [3.05, 3.63) is 0 Å². The molecule has 0 aromatic rings. The molecule has 0 aliphatic heterocycles. The standard InChI is InChI=1S/C9H24N2O2Si/c1-8(9(11)7-10)5-6-14(4,12-2)13-3/h8-9H,5-7,10-11H2,1-4H3. The predicted octanol–water partition coefficient (Wildman–Crippen LogP) is 0.663. The Morgan fingerprint density at radius 1 is 1.29 bits per heavy atom. The van der Waals surface area contributed by atoms with Gasteiger partial charge in [0.15, 0.2) is 0 Å². The molecule has 0 aliphatic rings. The summed E-state index contributed by atoms with van der Waals surface area (Å²) in [6.45, 7) is 4.73. The minimum atomic E-state index is -1.92. The summed E-state index contributed by atoms with van der Waals surface area (Å²) in [5.74, 6) is 0.428. The van der Waals surface area contributed by atoms with Gasteiger partial charge >= 0.3 is 8.56 Å². The highest BCUT2D eigenvalue weighted by atomic mass is 28.4. The molecule has 0 heterocycles. The van der Waals surface area contributed by atoms with E-state index in [1.54, 1.807) is 14.2 Å². The maximum absolute atomic E-state index is 5.84. The zero-order valence-corrected chi connectivity index (χ0v) is 10.7. The molecule has 0 radical (unpaired) electrons. The normalized spacial score (nSPS) is 16.7. The highest BCUT2D eigenvalue weighted by Crippen LogP contribution is 2.19. The topological polar surface area (TPSA) is 70.5 Å². The molecular formula is C9H24N2O2Si. The van der Waals surface area contributed by atoms with E-state index in [4.69, 9.17) is 20.3 Å². The summed E-state index contributed by atoms with van der Waals surface area (Å²) in [6.07, 6.45) is 1.02. The van der Waals surface area contributed by atoms with E-state index in [0.717, 1.165) is 12.5 Å². The number of hydrogen-bond donors (Lipinski definition) is 2. The summed E-state index contributed by atoms with van der Waals surface area (Å²) in [5.41, 5.74) is 11.3. The molecule has 5 heteroatoms. The molecule has 2 atom stereocenters. The highest BCUT2D eigenvalue weighted by molar-refractivity contribution is 6.65. The van der Waals surface area contributed by atoms with Crippen LogP contribution in [0.5, 0.6) is 0 Å². The van der Waals surface area contributed by atoms with Gasteiger partial charge in [-0.3, -0.25) is 0 Å². The Hall–Kier alpha value is 0.0569. The largest absolute Gasteiger partial charge is 0.398 e. The van der Waals surface area contributed by atoms with Crippen LogP contribution in [0.3, 0.4) is 0 Å². The average Bonchev–Trinajstić information content (AvgIpc) is 2.24. The van der Waals surface area contributed by atoms with Gasteiger partial charge in [-0.2, -0.15) is 0 Å². The fraction of sp³-hybridized carbons (Fsp3) is 1.00. The zero-order valence-electron chi connectivity index (χ0n) is 9.75. The SMILES string of the molecule is CO[Si](C)(CCC(C)C(N)CN)OC. The molecule has 2 unspecified atom stereocenters. The van der Waals surface area contributed by atoms with Crippen LogP contribution in [0.1, 0.15) is 13.3 Å². The summed E-state index contributed by atoms with van der Waals surface area (Å²) in [5, 5.41) is 0. The van der Waals surface area contributed by atoms with E-state index in [1.165, 1.54) is 0 Å². The van der Waals surface area contributed by atoms with Gasteiger partial charge in [-0.05, 0) is 24.9 Å². The van der Waals surface area contributed by atoms with Crippen LogP contribution in [-0.4, -0.2) is 35.4 Å². The van der Waals surface area contributed by atoms with Gasteiger partial charge in [0.1, 0.15) is 0 Å². The van der Waals surface area contributed by atoms with E-state index in [1.807, 2.05) is 0 Å². The van der Waals surface area contributed by atoms with Crippen molar-refractivity contribution >= 4 is 8.56 Å². The maximum Gasteiger partial charge on any atom is 0.334 e. The van der Waals surface area contributed by atoms with Crippen molar-refractivity contribution in [2.45, 2.75) is 32.0 Å². The third-order valence-corrected chi connectivity index (χ3v) is 5.84. The van der Waals surface area contributed by atoms with Crippen molar-refractivity contribution in [1.29, 1.82) is 0 Å². The molecule has 0 saturated carbocycles. The molecule has 0 aromatic carbocycles. The van der Waals surface area contributed by atoms with Crippen LogP contribution >= 0.6 is 0 Å². The first-order valence-corrected chi connectivity index (χ1v) is 7.57. The van der Waals surface area contributed by atoms with Gasteiger partial charge in [0, 0.05) is 26.8 Å². The molecule has 14 heavy (non-hydrogen) atoms. The second kappa shape index (κ2) is 6.52. The lowest BCUT2D eigenvalue weighted by Crippen LogP contribution is -2.40. The summed E-state index contributed by atoms with van der Waals surface area (Å²) in [7, 11) is 1.51. The monoisotopic (exact) mass is 220 g/mol. The smallest absolute Gasteiger partial charge is 0.334 e.